The molecule has 0 saturated carbocycles. The zero-order chi connectivity index (χ0) is 11.3. The first kappa shape index (κ1) is 12.1. The summed E-state index contributed by atoms with van der Waals surface area (Å²) in [6.07, 6.45) is 0.222. The van der Waals surface area contributed by atoms with Crippen LogP contribution in [-0.4, -0.2) is 12.6 Å². The van der Waals surface area contributed by atoms with Crippen molar-refractivity contribution in [3.8, 4) is 5.75 Å². The summed E-state index contributed by atoms with van der Waals surface area (Å²) < 4.78 is 5.77. The van der Waals surface area contributed by atoms with Crippen molar-refractivity contribution in [2.75, 3.05) is 6.54 Å². The molecule has 1 N–H and O–H groups in total. The van der Waals surface area contributed by atoms with Crippen LogP contribution in [0.2, 0.25) is 0 Å². The first-order valence-electron chi connectivity index (χ1n) is 5.64. The van der Waals surface area contributed by atoms with Crippen LogP contribution in [0.25, 0.3) is 0 Å². The lowest BCUT2D eigenvalue weighted by Crippen LogP contribution is -2.19. The van der Waals surface area contributed by atoms with Crippen LogP contribution < -0.4 is 10.1 Å². The lowest BCUT2D eigenvalue weighted by molar-refractivity contribution is 0.238. The van der Waals surface area contributed by atoms with Crippen LogP contribution in [0.4, 0.5) is 0 Å². The van der Waals surface area contributed by atoms with Gasteiger partial charge in [-0.15, -0.1) is 0 Å². The van der Waals surface area contributed by atoms with Crippen LogP contribution in [0.1, 0.15) is 39.3 Å². The Kier molecular flexibility index (Phi) is 4.63. The van der Waals surface area contributed by atoms with Crippen LogP contribution in [-0.2, 0) is 0 Å². The van der Waals surface area contributed by atoms with Crippen LogP contribution >= 0.6 is 0 Å². The fourth-order valence-electron chi connectivity index (χ4n) is 1.62. The number of benzene rings is 1. The second-order valence-electron chi connectivity index (χ2n) is 3.98. The molecule has 0 spiro atoms. The molecule has 0 saturated heterocycles. The molecule has 0 fully saturated rings. The van der Waals surface area contributed by atoms with Gasteiger partial charge in [0.15, 0.2) is 0 Å². The molecule has 0 radical (unpaired) electrons. The quantitative estimate of drug-likeness (QED) is 0.801. The van der Waals surface area contributed by atoms with Gasteiger partial charge in [-0.05, 0) is 33.4 Å². The molecule has 1 aromatic rings. The van der Waals surface area contributed by atoms with E-state index in [1.807, 2.05) is 12.1 Å². The second-order valence-corrected chi connectivity index (χ2v) is 3.98. The largest absolute Gasteiger partial charge is 0.491 e. The molecule has 0 aliphatic rings. The fraction of sp³-hybridized carbons (Fsp3) is 0.538. The molecule has 0 aromatic heterocycles. The number of hydrogen-bond acceptors (Lipinski definition) is 2. The first-order valence-corrected chi connectivity index (χ1v) is 5.64. The summed E-state index contributed by atoms with van der Waals surface area (Å²) in [6.45, 7) is 9.34. The molecule has 0 unspecified atom stereocenters. The van der Waals surface area contributed by atoms with Gasteiger partial charge in [0, 0.05) is 11.6 Å². The van der Waals surface area contributed by atoms with Crippen molar-refractivity contribution in [3.63, 3.8) is 0 Å². The molecule has 0 heterocycles. The lowest BCUT2D eigenvalue weighted by atomic mass is 10.1. The highest BCUT2D eigenvalue weighted by Crippen LogP contribution is 2.25. The number of para-hydroxylation sites is 1. The van der Waals surface area contributed by atoms with Crippen LogP contribution in [0.15, 0.2) is 24.3 Å². The summed E-state index contributed by atoms with van der Waals surface area (Å²) in [5.41, 5.74) is 1.23. The van der Waals surface area contributed by atoms with E-state index >= 15 is 0 Å². The summed E-state index contributed by atoms with van der Waals surface area (Å²) in [7, 11) is 0. The maximum absolute atomic E-state index is 5.77. The molecular weight excluding hydrogens is 186 g/mol. The van der Waals surface area contributed by atoms with Crippen LogP contribution in [0.5, 0.6) is 5.75 Å². The molecule has 2 heteroatoms. The standard InChI is InChI=1S/C13H21NO/c1-5-14-11(4)12-8-6-7-9-13(12)15-10(2)3/h6-11,14H,5H2,1-4H3/t11-/m1/s1. The third kappa shape index (κ3) is 3.56. The SMILES string of the molecule is CCN[C@H](C)c1ccccc1OC(C)C. The zero-order valence-electron chi connectivity index (χ0n) is 10.1. The van der Waals surface area contributed by atoms with E-state index in [0.29, 0.717) is 6.04 Å². The maximum atomic E-state index is 5.77. The van der Waals surface area contributed by atoms with Gasteiger partial charge in [0.25, 0.3) is 0 Å². The number of rotatable bonds is 5. The molecule has 1 atom stereocenters. The lowest BCUT2D eigenvalue weighted by Gasteiger charge is -2.19. The Labute approximate surface area is 92.6 Å². The van der Waals surface area contributed by atoms with Gasteiger partial charge in [-0.3, -0.25) is 0 Å². The highest BCUT2D eigenvalue weighted by atomic mass is 16.5. The molecule has 0 aliphatic heterocycles. The molecule has 0 aliphatic carbocycles. The monoisotopic (exact) mass is 207 g/mol. The Morgan fingerprint density at radius 2 is 1.87 bits per heavy atom. The molecular formula is C13H21NO. The van der Waals surface area contributed by atoms with Crippen LogP contribution in [0, 0.1) is 0 Å². The first-order chi connectivity index (χ1) is 7.15. The van der Waals surface area contributed by atoms with Gasteiger partial charge in [-0.1, -0.05) is 25.1 Å². The van der Waals surface area contributed by atoms with Crippen molar-refractivity contribution in [1.82, 2.24) is 5.32 Å². The van der Waals surface area contributed by atoms with Gasteiger partial charge in [-0.25, -0.2) is 0 Å². The fourth-order valence-corrected chi connectivity index (χ4v) is 1.62. The van der Waals surface area contributed by atoms with E-state index < -0.39 is 0 Å². The van der Waals surface area contributed by atoms with E-state index in [9.17, 15) is 0 Å². The number of hydrogen-bond donors (Lipinski definition) is 1. The van der Waals surface area contributed by atoms with E-state index in [0.717, 1.165) is 12.3 Å². The topological polar surface area (TPSA) is 21.3 Å². The van der Waals surface area contributed by atoms with Gasteiger partial charge in [-0.2, -0.15) is 0 Å². The van der Waals surface area contributed by atoms with Crippen LogP contribution in [0.3, 0.4) is 0 Å². The molecule has 0 bridgehead atoms. The van der Waals surface area contributed by atoms with Gasteiger partial charge < -0.3 is 10.1 Å². The predicted octanol–water partition coefficient (Wildman–Crippen LogP) is 3.14. The summed E-state index contributed by atoms with van der Waals surface area (Å²) in [5.74, 6) is 0.987. The normalized spacial score (nSPS) is 12.9. The van der Waals surface area contributed by atoms with Crippen molar-refractivity contribution in [2.45, 2.75) is 39.8 Å². The van der Waals surface area contributed by atoms with Crippen molar-refractivity contribution >= 4 is 0 Å². The van der Waals surface area contributed by atoms with Crippen molar-refractivity contribution in [1.29, 1.82) is 0 Å². The highest BCUT2D eigenvalue weighted by molar-refractivity contribution is 5.35. The van der Waals surface area contributed by atoms with E-state index in [4.69, 9.17) is 4.74 Å². The van der Waals surface area contributed by atoms with Gasteiger partial charge >= 0.3 is 0 Å². The van der Waals surface area contributed by atoms with Crippen molar-refractivity contribution < 1.29 is 4.74 Å². The summed E-state index contributed by atoms with van der Waals surface area (Å²) in [4.78, 5) is 0. The number of ether oxygens (including phenoxy) is 1. The van der Waals surface area contributed by atoms with E-state index in [1.165, 1.54) is 5.56 Å². The predicted molar refractivity (Wildman–Crippen MR) is 64.3 cm³/mol. The maximum Gasteiger partial charge on any atom is 0.124 e. The average Bonchev–Trinajstić information content (AvgIpc) is 2.18. The molecule has 1 rings (SSSR count). The molecule has 1 aromatic carbocycles. The van der Waals surface area contributed by atoms with Crippen molar-refractivity contribution in [2.24, 2.45) is 0 Å². The minimum atomic E-state index is 0.222. The molecule has 0 amide bonds. The summed E-state index contributed by atoms with van der Waals surface area (Å²) in [5, 5.41) is 3.40. The minimum absolute atomic E-state index is 0.222. The third-order valence-electron chi connectivity index (χ3n) is 2.26. The Balaban J connectivity index is 2.85. The van der Waals surface area contributed by atoms with Gasteiger partial charge in [0.1, 0.15) is 5.75 Å². The van der Waals surface area contributed by atoms with E-state index in [2.05, 4.69) is 45.1 Å². The summed E-state index contributed by atoms with van der Waals surface area (Å²) in [6, 6.07) is 8.55. The average molecular weight is 207 g/mol. The molecule has 15 heavy (non-hydrogen) atoms. The second kappa shape index (κ2) is 5.76. The number of nitrogens with one attached hydrogen (secondary N) is 1. The minimum Gasteiger partial charge on any atom is -0.491 e. The Morgan fingerprint density at radius 3 is 2.47 bits per heavy atom. The van der Waals surface area contributed by atoms with Gasteiger partial charge in [0.05, 0.1) is 6.10 Å². The third-order valence-corrected chi connectivity index (χ3v) is 2.26. The zero-order valence-corrected chi connectivity index (χ0v) is 10.1. The Hall–Kier alpha value is -1.02. The molecule has 2 nitrogen and oxygen atoms in total. The Bertz CT molecular complexity index is 296. The van der Waals surface area contributed by atoms with E-state index in [1.54, 1.807) is 0 Å². The summed E-state index contributed by atoms with van der Waals surface area (Å²) >= 11 is 0. The smallest absolute Gasteiger partial charge is 0.124 e. The highest BCUT2D eigenvalue weighted by Gasteiger charge is 2.10. The van der Waals surface area contributed by atoms with Gasteiger partial charge in [0.2, 0.25) is 0 Å². The van der Waals surface area contributed by atoms with E-state index in [-0.39, 0.29) is 6.10 Å². The van der Waals surface area contributed by atoms with Crippen molar-refractivity contribution in [3.05, 3.63) is 29.8 Å². The Morgan fingerprint density at radius 1 is 1.20 bits per heavy atom. The molecule has 84 valence electrons.